The van der Waals surface area contributed by atoms with Gasteiger partial charge in [-0.05, 0) is 30.2 Å². The van der Waals surface area contributed by atoms with Crippen LogP contribution in [0.2, 0.25) is 0 Å². The summed E-state index contributed by atoms with van der Waals surface area (Å²) in [6.45, 7) is 9.12. The van der Waals surface area contributed by atoms with Crippen molar-refractivity contribution in [3.8, 4) is 0 Å². The molecule has 1 atom stereocenters. The molecule has 0 spiro atoms. The average Bonchev–Trinajstić information content (AvgIpc) is 2.66. The van der Waals surface area contributed by atoms with Crippen LogP contribution in [0.5, 0.6) is 0 Å². The molecule has 1 aliphatic heterocycles. The summed E-state index contributed by atoms with van der Waals surface area (Å²) in [7, 11) is -3.61. The molecule has 0 saturated carbocycles. The first-order valence-corrected chi connectivity index (χ1v) is 11.0. The van der Waals surface area contributed by atoms with E-state index in [1.165, 1.54) is 19.1 Å². The van der Waals surface area contributed by atoms with Gasteiger partial charge in [0.1, 0.15) is 0 Å². The largest absolute Gasteiger partial charge is 0.379 e. The Balaban J connectivity index is 2.08. The number of anilines is 1. The summed E-state index contributed by atoms with van der Waals surface area (Å²) >= 11 is 0. The Morgan fingerprint density at radius 2 is 1.74 bits per heavy atom. The molecule has 1 aromatic rings. The van der Waals surface area contributed by atoms with Gasteiger partial charge >= 0.3 is 0 Å². The van der Waals surface area contributed by atoms with Gasteiger partial charge in [0.25, 0.3) is 0 Å². The SMILES string of the molecule is CCC(CC)C(CNS(=O)(=O)c1ccc(NC(C)=O)cc1)N1CCOCC1. The highest BCUT2D eigenvalue weighted by Gasteiger charge is 2.28. The highest BCUT2D eigenvalue weighted by atomic mass is 32.2. The molecule has 0 aliphatic carbocycles. The fraction of sp³-hybridized carbons (Fsp3) is 0.632. The van der Waals surface area contributed by atoms with Crippen LogP contribution in [-0.4, -0.2) is 58.1 Å². The summed E-state index contributed by atoms with van der Waals surface area (Å²) in [5.74, 6) is 0.232. The lowest BCUT2D eigenvalue weighted by molar-refractivity contribution is -0.114. The molecular weight excluding hydrogens is 366 g/mol. The molecule has 1 aromatic carbocycles. The molecule has 1 amide bonds. The van der Waals surface area contributed by atoms with Crippen LogP contribution < -0.4 is 10.0 Å². The zero-order valence-electron chi connectivity index (χ0n) is 16.4. The lowest BCUT2D eigenvalue weighted by atomic mass is 9.92. The van der Waals surface area contributed by atoms with Crippen LogP contribution in [0, 0.1) is 5.92 Å². The van der Waals surface area contributed by atoms with Crippen molar-refractivity contribution in [2.75, 3.05) is 38.2 Å². The van der Waals surface area contributed by atoms with E-state index < -0.39 is 10.0 Å². The second-order valence-electron chi connectivity index (χ2n) is 6.85. The van der Waals surface area contributed by atoms with Crippen LogP contribution in [0.15, 0.2) is 29.2 Å². The fourth-order valence-electron chi connectivity index (χ4n) is 3.53. The Kier molecular flexibility index (Phi) is 8.22. The van der Waals surface area contributed by atoms with Crippen LogP contribution >= 0.6 is 0 Å². The van der Waals surface area contributed by atoms with E-state index in [2.05, 4.69) is 28.8 Å². The molecule has 27 heavy (non-hydrogen) atoms. The van der Waals surface area contributed by atoms with E-state index in [1.807, 2.05) is 0 Å². The summed E-state index contributed by atoms with van der Waals surface area (Å²) < 4.78 is 33.6. The van der Waals surface area contributed by atoms with Crippen molar-refractivity contribution in [1.29, 1.82) is 0 Å². The molecule has 1 heterocycles. The van der Waals surface area contributed by atoms with Gasteiger partial charge in [-0.25, -0.2) is 13.1 Å². The van der Waals surface area contributed by atoms with Crippen molar-refractivity contribution in [3.63, 3.8) is 0 Å². The third-order valence-corrected chi connectivity index (χ3v) is 6.51. The van der Waals surface area contributed by atoms with Crippen molar-refractivity contribution >= 4 is 21.6 Å². The maximum Gasteiger partial charge on any atom is 0.240 e. The van der Waals surface area contributed by atoms with Gasteiger partial charge in [-0.15, -0.1) is 0 Å². The monoisotopic (exact) mass is 397 g/mol. The number of sulfonamides is 1. The number of carbonyl (C=O) groups excluding carboxylic acids is 1. The Morgan fingerprint density at radius 1 is 1.15 bits per heavy atom. The second kappa shape index (κ2) is 10.2. The first-order valence-electron chi connectivity index (χ1n) is 9.56. The van der Waals surface area contributed by atoms with E-state index in [9.17, 15) is 13.2 Å². The van der Waals surface area contributed by atoms with Crippen LogP contribution in [0.4, 0.5) is 5.69 Å². The Morgan fingerprint density at radius 3 is 2.26 bits per heavy atom. The zero-order chi connectivity index (χ0) is 19.9. The molecule has 2 N–H and O–H groups in total. The van der Waals surface area contributed by atoms with Crippen molar-refractivity contribution in [3.05, 3.63) is 24.3 Å². The molecule has 1 fully saturated rings. The second-order valence-corrected chi connectivity index (χ2v) is 8.62. The van der Waals surface area contributed by atoms with Gasteiger partial charge in [0.05, 0.1) is 18.1 Å². The molecule has 0 radical (unpaired) electrons. The lowest BCUT2D eigenvalue weighted by Crippen LogP contribution is -2.52. The van der Waals surface area contributed by atoms with E-state index in [4.69, 9.17) is 4.74 Å². The van der Waals surface area contributed by atoms with Gasteiger partial charge in [0, 0.05) is 38.3 Å². The summed E-state index contributed by atoms with van der Waals surface area (Å²) in [5, 5.41) is 2.63. The normalized spacial score (nSPS) is 17.0. The summed E-state index contributed by atoms with van der Waals surface area (Å²) in [6.07, 6.45) is 2.01. The van der Waals surface area contributed by atoms with E-state index in [1.54, 1.807) is 12.1 Å². The number of nitrogens with one attached hydrogen (secondary N) is 2. The van der Waals surface area contributed by atoms with Crippen molar-refractivity contribution in [2.45, 2.75) is 44.6 Å². The van der Waals surface area contributed by atoms with Crippen LogP contribution in [0.1, 0.15) is 33.6 Å². The number of rotatable bonds is 9. The number of amides is 1. The molecule has 2 rings (SSSR count). The van der Waals surface area contributed by atoms with Gasteiger partial charge < -0.3 is 10.1 Å². The summed E-state index contributed by atoms with van der Waals surface area (Å²) in [6, 6.07) is 6.35. The maximum absolute atomic E-state index is 12.7. The van der Waals surface area contributed by atoms with Gasteiger partial charge in [-0.3, -0.25) is 9.69 Å². The van der Waals surface area contributed by atoms with Crippen LogP contribution in [-0.2, 0) is 19.6 Å². The van der Waals surface area contributed by atoms with Crippen molar-refractivity contribution < 1.29 is 17.9 Å². The number of nitrogens with zero attached hydrogens (tertiary/aromatic N) is 1. The zero-order valence-corrected chi connectivity index (χ0v) is 17.2. The quantitative estimate of drug-likeness (QED) is 0.666. The van der Waals surface area contributed by atoms with Gasteiger partial charge in [0.15, 0.2) is 0 Å². The van der Waals surface area contributed by atoms with E-state index >= 15 is 0 Å². The number of carbonyl (C=O) groups is 1. The minimum atomic E-state index is -3.61. The lowest BCUT2D eigenvalue weighted by Gasteiger charge is -2.38. The van der Waals surface area contributed by atoms with Gasteiger partial charge in [-0.2, -0.15) is 0 Å². The number of hydrogen-bond donors (Lipinski definition) is 2. The van der Waals surface area contributed by atoms with Crippen molar-refractivity contribution in [1.82, 2.24) is 9.62 Å². The minimum absolute atomic E-state index is 0.150. The summed E-state index contributed by atoms with van der Waals surface area (Å²) in [4.78, 5) is 13.6. The van der Waals surface area contributed by atoms with Crippen LogP contribution in [0.3, 0.4) is 0 Å². The number of morpholine rings is 1. The first-order chi connectivity index (χ1) is 12.9. The first kappa shape index (κ1) is 21.8. The fourth-order valence-corrected chi connectivity index (χ4v) is 4.59. The third-order valence-electron chi connectivity index (χ3n) is 5.08. The predicted molar refractivity (Wildman–Crippen MR) is 106 cm³/mol. The molecule has 0 aromatic heterocycles. The Hall–Kier alpha value is -1.48. The highest BCUT2D eigenvalue weighted by molar-refractivity contribution is 7.89. The van der Waals surface area contributed by atoms with Crippen molar-refractivity contribution in [2.24, 2.45) is 5.92 Å². The average molecular weight is 398 g/mol. The van der Waals surface area contributed by atoms with E-state index in [0.717, 1.165) is 25.9 Å². The van der Waals surface area contributed by atoms with Gasteiger partial charge in [-0.1, -0.05) is 26.7 Å². The molecule has 7 nitrogen and oxygen atoms in total. The van der Waals surface area contributed by atoms with Crippen LogP contribution in [0.25, 0.3) is 0 Å². The maximum atomic E-state index is 12.7. The third kappa shape index (κ3) is 6.27. The molecule has 1 saturated heterocycles. The Bertz CT molecular complexity index is 696. The predicted octanol–water partition coefficient (Wildman–Crippen LogP) is 2.06. The smallest absolute Gasteiger partial charge is 0.240 e. The number of benzene rings is 1. The van der Waals surface area contributed by atoms with Gasteiger partial charge in [0.2, 0.25) is 15.9 Å². The Labute approximate surface area is 162 Å². The number of ether oxygens (including phenoxy) is 1. The molecular formula is C19H31N3O4S. The highest BCUT2D eigenvalue weighted by Crippen LogP contribution is 2.21. The number of hydrogen-bond acceptors (Lipinski definition) is 5. The van der Waals surface area contributed by atoms with E-state index in [-0.39, 0.29) is 16.8 Å². The molecule has 8 heteroatoms. The molecule has 0 bridgehead atoms. The van der Waals surface area contributed by atoms with E-state index in [0.29, 0.717) is 31.4 Å². The molecule has 1 unspecified atom stereocenters. The molecule has 152 valence electrons. The summed E-state index contributed by atoms with van der Waals surface area (Å²) in [5.41, 5.74) is 0.574. The molecule has 1 aliphatic rings. The standard InChI is InChI=1S/C19H31N3O4S/c1-4-16(5-2)19(22-10-12-26-13-11-22)14-20-27(24,25)18-8-6-17(7-9-18)21-15(3)23/h6-9,16,19-20H,4-5,10-14H2,1-3H3,(H,21,23). The topological polar surface area (TPSA) is 87.7 Å². The minimum Gasteiger partial charge on any atom is -0.379 e.